The second kappa shape index (κ2) is 44.7. The van der Waals surface area contributed by atoms with Crippen LogP contribution >= 0.6 is 23.5 Å². The predicted molar refractivity (Wildman–Crippen MR) is 214 cm³/mol. The molecular formula is C42H86OS2. The van der Waals surface area contributed by atoms with Crippen LogP contribution in [0.15, 0.2) is 0 Å². The topological polar surface area (TPSA) is 9.23 Å². The quantitative estimate of drug-likeness (QED) is 0.0598. The number of ether oxygens (including phenoxy) is 1. The van der Waals surface area contributed by atoms with Crippen molar-refractivity contribution >= 4 is 23.5 Å². The van der Waals surface area contributed by atoms with E-state index in [4.69, 9.17) is 4.74 Å². The van der Waals surface area contributed by atoms with Gasteiger partial charge >= 0.3 is 0 Å². The Morgan fingerprint density at radius 1 is 0.244 bits per heavy atom. The summed E-state index contributed by atoms with van der Waals surface area (Å²) in [4.78, 5) is 0. The third-order valence-electron chi connectivity index (χ3n) is 9.44. The van der Waals surface area contributed by atoms with Crippen LogP contribution in [-0.4, -0.2) is 36.2 Å². The SMILES string of the molecule is CCCCCCCCCCCCCCCCCCSCCCOCCCSCCCCCCCCCCCCCCCCCC. The molecular weight excluding hydrogens is 585 g/mol. The number of hydrogen-bond donors (Lipinski definition) is 0. The van der Waals surface area contributed by atoms with E-state index in [1.54, 1.807) is 0 Å². The fourth-order valence-electron chi connectivity index (χ4n) is 6.34. The van der Waals surface area contributed by atoms with E-state index in [1.165, 1.54) is 241 Å². The Hall–Kier alpha value is 0.660. The van der Waals surface area contributed by atoms with Gasteiger partial charge in [0.2, 0.25) is 0 Å². The monoisotopic (exact) mass is 671 g/mol. The molecule has 0 aliphatic heterocycles. The molecule has 0 aromatic heterocycles. The van der Waals surface area contributed by atoms with E-state index in [0.29, 0.717) is 0 Å². The van der Waals surface area contributed by atoms with Crippen molar-refractivity contribution in [2.75, 3.05) is 36.2 Å². The average Bonchev–Trinajstić information content (AvgIpc) is 3.05. The Kier molecular flexibility index (Phi) is 45.3. The highest BCUT2D eigenvalue weighted by atomic mass is 32.2. The average molecular weight is 671 g/mol. The van der Waals surface area contributed by atoms with Crippen molar-refractivity contribution < 1.29 is 4.74 Å². The highest BCUT2D eigenvalue weighted by Gasteiger charge is 1.98. The van der Waals surface area contributed by atoms with Crippen LogP contribution in [0, 0.1) is 0 Å². The summed E-state index contributed by atoms with van der Waals surface area (Å²) in [5.41, 5.74) is 0. The summed E-state index contributed by atoms with van der Waals surface area (Å²) in [6.45, 7) is 6.55. The molecule has 1 nitrogen and oxygen atoms in total. The maximum atomic E-state index is 5.88. The fraction of sp³-hybridized carbons (Fsp3) is 1.00. The number of rotatable bonds is 42. The highest BCUT2D eigenvalue weighted by Crippen LogP contribution is 2.16. The molecule has 0 unspecified atom stereocenters. The van der Waals surface area contributed by atoms with Gasteiger partial charge in [-0.1, -0.05) is 206 Å². The van der Waals surface area contributed by atoms with Gasteiger partial charge in [-0.2, -0.15) is 23.5 Å². The molecule has 0 amide bonds. The molecule has 0 aliphatic carbocycles. The van der Waals surface area contributed by atoms with Crippen LogP contribution in [0.3, 0.4) is 0 Å². The van der Waals surface area contributed by atoms with Crippen molar-refractivity contribution in [1.29, 1.82) is 0 Å². The van der Waals surface area contributed by atoms with Crippen molar-refractivity contribution in [2.24, 2.45) is 0 Å². The first-order valence-corrected chi connectivity index (χ1v) is 23.5. The minimum absolute atomic E-state index is 0.968. The van der Waals surface area contributed by atoms with E-state index in [-0.39, 0.29) is 0 Å². The molecule has 272 valence electrons. The summed E-state index contributed by atoms with van der Waals surface area (Å²) >= 11 is 4.30. The largest absolute Gasteiger partial charge is 0.381 e. The van der Waals surface area contributed by atoms with Crippen molar-refractivity contribution in [1.82, 2.24) is 0 Å². The second-order valence-corrected chi connectivity index (χ2v) is 16.6. The zero-order valence-electron chi connectivity index (χ0n) is 31.5. The van der Waals surface area contributed by atoms with Crippen LogP contribution < -0.4 is 0 Å². The van der Waals surface area contributed by atoms with Crippen molar-refractivity contribution in [3.8, 4) is 0 Å². The lowest BCUT2D eigenvalue weighted by molar-refractivity contribution is 0.137. The minimum atomic E-state index is 0.968. The van der Waals surface area contributed by atoms with Gasteiger partial charge in [-0.15, -0.1) is 0 Å². The van der Waals surface area contributed by atoms with Gasteiger partial charge in [0.25, 0.3) is 0 Å². The zero-order chi connectivity index (χ0) is 32.4. The van der Waals surface area contributed by atoms with Gasteiger partial charge in [0.1, 0.15) is 0 Å². The zero-order valence-corrected chi connectivity index (χ0v) is 33.1. The molecule has 0 saturated carbocycles. The molecule has 0 aromatic rings. The molecule has 45 heavy (non-hydrogen) atoms. The van der Waals surface area contributed by atoms with Crippen LogP contribution in [0.5, 0.6) is 0 Å². The van der Waals surface area contributed by atoms with Crippen molar-refractivity contribution in [3.05, 3.63) is 0 Å². The van der Waals surface area contributed by atoms with E-state index in [2.05, 4.69) is 37.4 Å². The van der Waals surface area contributed by atoms with Gasteiger partial charge in [0.15, 0.2) is 0 Å². The Balaban J connectivity index is 3.03. The first-order chi connectivity index (χ1) is 22.4. The molecule has 0 rings (SSSR count). The highest BCUT2D eigenvalue weighted by molar-refractivity contribution is 7.99. The molecule has 0 fully saturated rings. The number of unbranched alkanes of at least 4 members (excludes halogenated alkanes) is 30. The maximum absolute atomic E-state index is 5.88. The Morgan fingerprint density at radius 2 is 0.444 bits per heavy atom. The lowest BCUT2D eigenvalue weighted by Gasteiger charge is -2.06. The Morgan fingerprint density at radius 3 is 0.689 bits per heavy atom. The van der Waals surface area contributed by atoms with Crippen LogP contribution in [0.25, 0.3) is 0 Å². The molecule has 0 aliphatic rings. The van der Waals surface area contributed by atoms with E-state index < -0.39 is 0 Å². The minimum Gasteiger partial charge on any atom is -0.381 e. The standard InChI is InChI=1S/C42H86OS2/c1-3-5-7-9-11-13-15-17-19-21-23-25-27-29-31-33-39-44-41-35-37-43-38-36-42-45-40-34-32-30-28-26-24-22-20-18-16-14-12-10-8-6-4-2/h3-42H2,1-2H3. The van der Waals surface area contributed by atoms with Crippen molar-refractivity contribution in [2.45, 2.75) is 232 Å². The summed E-state index contributed by atoms with van der Waals surface area (Å²) in [5.74, 6) is 5.28. The van der Waals surface area contributed by atoms with Crippen LogP contribution in [-0.2, 0) is 4.74 Å². The Labute approximate surface area is 295 Å². The molecule has 0 atom stereocenters. The normalized spacial score (nSPS) is 11.6. The molecule has 3 heteroatoms. The first-order valence-electron chi connectivity index (χ1n) is 21.1. The summed E-state index contributed by atoms with van der Waals surface area (Å²) in [5, 5.41) is 0. The first kappa shape index (κ1) is 45.7. The summed E-state index contributed by atoms with van der Waals surface area (Å²) in [7, 11) is 0. The second-order valence-electron chi connectivity index (χ2n) is 14.2. The summed E-state index contributed by atoms with van der Waals surface area (Å²) in [6, 6.07) is 0. The van der Waals surface area contributed by atoms with E-state index in [0.717, 1.165) is 13.2 Å². The lowest BCUT2D eigenvalue weighted by Crippen LogP contribution is -2.00. The molecule has 0 spiro atoms. The van der Waals surface area contributed by atoms with Gasteiger partial charge in [-0.05, 0) is 48.7 Å². The fourth-order valence-corrected chi connectivity index (χ4v) is 8.21. The van der Waals surface area contributed by atoms with Crippen LogP contribution in [0.2, 0.25) is 0 Å². The summed E-state index contributed by atoms with van der Waals surface area (Å²) < 4.78 is 5.88. The van der Waals surface area contributed by atoms with E-state index in [9.17, 15) is 0 Å². The lowest BCUT2D eigenvalue weighted by atomic mass is 10.0. The third kappa shape index (κ3) is 44.7. The van der Waals surface area contributed by atoms with E-state index >= 15 is 0 Å². The number of thioether (sulfide) groups is 2. The molecule has 0 heterocycles. The third-order valence-corrected chi connectivity index (χ3v) is 11.7. The predicted octanol–water partition coefficient (Wildman–Crippen LogP) is 15.8. The van der Waals surface area contributed by atoms with Gasteiger partial charge in [-0.3, -0.25) is 0 Å². The smallest absolute Gasteiger partial charge is 0.0473 e. The van der Waals surface area contributed by atoms with Gasteiger partial charge in [-0.25, -0.2) is 0 Å². The van der Waals surface area contributed by atoms with Crippen molar-refractivity contribution in [3.63, 3.8) is 0 Å². The Bertz CT molecular complexity index is 443. The van der Waals surface area contributed by atoms with Crippen LogP contribution in [0.1, 0.15) is 232 Å². The van der Waals surface area contributed by atoms with E-state index in [1.807, 2.05) is 0 Å². The van der Waals surface area contributed by atoms with Crippen LogP contribution in [0.4, 0.5) is 0 Å². The molecule has 0 bridgehead atoms. The number of hydrogen-bond acceptors (Lipinski definition) is 3. The maximum Gasteiger partial charge on any atom is 0.0473 e. The van der Waals surface area contributed by atoms with Gasteiger partial charge in [0, 0.05) is 13.2 Å². The molecule has 0 radical (unpaired) electrons. The molecule has 0 N–H and O–H groups in total. The van der Waals surface area contributed by atoms with Gasteiger partial charge in [0.05, 0.1) is 0 Å². The van der Waals surface area contributed by atoms with Gasteiger partial charge < -0.3 is 4.74 Å². The molecule has 0 aromatic carbocycles. The molecule has 0 saturated heterocycles. The summed E-state index contributed by atoms with van der Waals surface area (Å²) in [6.07, 6.45) is 49.2.